The zero-order valence-corrected chi connectivity index (χ0v) is 6.36. The van der Waals surface area contributed by atoms with Gasteiger partial charge in [-0.1, -0.05) is 17.3 Å². The number of hydrogen-bond acceptors (Lipinski definition) is 2. The summed E-state index contributed by atoms with van der Waals surface area (Å²) in [4.78, 5) is 10.6. The summed E-state index contributed by atoms with van der Waals surface area (Å²) < 4.78 is 4.52. The summed E-state index contributed by atoms with van der Waals surface area (Å²) in [6.07, 6.45) is 0. The lowest BCUT2D eigenvalue weighted by atomic mass is 10.6. The molecular formula is C7H7ClO2. The van der Waals surface area contributed by atoms with Gasteiger partial charge in [-0.15, -0.1) is 0 Å². The Balaban J connectivity index is 4.22. The van der Waals surface area contributed by atoms with Gasteiger partial charge in [0.25, 0.3) is 0 Å². The molecule has 0 unspecified atom stereocenters. The second kappa shape index (κ2) is 4.89. The van der Waals surface area contributed by atoms with Crippen molar-refractivity contribution in [1.29, 1.82) is 0 Å². The second-order valence-corrected chi connectivity index (χ2v) is 1.71. The number of rotatable bonds is 2. The van der Waals surface area contributed by atoms with Crippen LogP contribution in [0.2, 0.25) is 0 Å². The smallest absolute Gasteiger partial charge is 0.358 e. The first-order chi connectivity index (χ1) is 4.72. The summed E-state index contributed by atoms with van der Waals surface area (Å²) in [6, 6.07) is 0. The van der Waals surface area contributed by atoms with E-state index in [2.05, 4.69) is 22.8 Å². The van der Waals surface area contributed by atoms with E-state index in [0.29, 0.717) is 6.61 Å². The molecule has 0 fully saturated rings. The van der Waals surface area contributed by atoms with Gasteiger partial charge in [-0.2, -0.15) is 0 Å². The van der Waals surface area contributed by atoms with Crippen LogP contribution in [0.5, 0.6) is 0 Å². The molecule has 0 bridgehead atoms. The largest absolute Gasteiger partial charge is 0.461 e. The Bertz CT molecular complexity index is 208. The summed E-state index contributed by atoms with van der Waals surface area (Å²) in [5.41, 5.74) is 4.51. The lowest BCUT2D eigenvalue weighted by Crippen LogP contribution is -2.02. The fourth-order valence-corrected chi connectivity index (χ4v) is 0.444. The van der Waals surface area contributed by atoms with Crippen LogP contribution in [0.15, 0.2) is 23.1 Å². The Morgan fingerprint density at radius 1 is 1.80 bits per heavy atom. The summed E-state index contributed by atoms with van der Waals surface area (Å²) in [5, 5.41) is -0.128. The molecule has 0 saturated heterocycles. The van der Waals surface area contributed by atoms with E-state index in [1.54, 1.807) is 6.92 Å². The minimum atomic E-state index is -0.597. The maximum Gasteiger partial charge on any atom is 0.358 e. The van der Waals surface area contributed by atoms with Crippen LogP contribution in [0.25, 0.3) is 0 Å². The van der Waals surface area contributed by atoms with Crippen LogP contribution < -0.4 is 0 Å². The van der Waals surface area contributed by atoms with Crippen LogP contribution in [0.1, 0.15) is 6.92 Å². The molecule has 0 N–H and O–H groups in total. The van der Waals surface area contributed by atoms with E-state index >= 15 is 0 Å². The predicted molar refractivity (Wildman–Crippen MR) is 38.7 cm³/mol. The number of ether oxygens (including phenoxy) is 1. The van der Waals surface area contributed by atoms with Gasteiger partial charge in [0.1, 0.15) is 0 Å². The molecule has 10 heavy (non-hydrogen) atoms. The molecule has 0 amide bonds. The molecule has 0 aliphatic rings. The van der Waals surface area contributed by atoms with E-state index in [9.17, 15) is 4.79 Å². The number of halogens is 1. The summed E-state index contributed by atoms with van der Waals surface area (Å²) in [7, 11) is 0. The zero-order valence-electron chi connectivity index (χ0n) is 5.61. The van der Waals surface area contributed by atoms with Gasteiger partial charge in [0.2, 0.25) is 0 Å². The number of esters is 1. The van der Waals surface area contributed by atoms with Gasteiger partial charge < -0.3 is 4.74 Å². The molecular weight excluding hydrogens is 152 g/mol. The molecule has 0 aliphatic heterocycles. The van der Waals surface area contributed by atoms with Gasteiger partial charge in [0, 0.05) is 0 Å². The lowest BCUT2D eigenvalue weighted by Gasteiger charge is -1.94. The maximum atomic E-state index is 10.6. The first kappa shape index (κ1) is 9.06. The van der Waals surface area contributed by atoms with E-state index in [1.807, 2.05) is 0 Å². The highest BCUT2D eigenvalue weighted by molar-refractivity contribution is 6.41. The van der Waals surface area contributed by atoms with Gasteiger partial charge in [0.05, 0.1) is 6.61 Å². The first-order valence-corrected chi connectivity index (χ1v) is 3.07. The predicted octanol–water partition coefficient (Wildman–Crippen LogP) is 1.61. The highest BCUT2D eigenvalue weighted by Crippen LogP contribution is 2.00. The molecule has 0 aromatic rings. The van der Waals surface area contributed by atoms with E-state index < -0.39 is 5.97 Å². The monoisotopic (exact) mass is 158 g/mol. The van der Waals surface area contributed by atoms with Crippen LogP contribution in [-0.4, -0.2) is 12.6 Å². The van der Waals surface area contributed by atoms with Crippen LogP contribution >= 0.6 is 11.6 Å². The van der Waals surface area contributed by atoms with E-state index in [0.717, 1.165) is 0 Å². The van der Waals surface area contributed by atoms with Crippen LogP contribution in [-0.2, 0) is 9.53 Å². The molecule has 0 heterocycles. The molecule has 0 saturated carbocycles. The molecule has 0 aromatic heterocycles. The highest BCUT2D eigenvalue weighted by atomic mass is 35.5. The summed E-state index contributed by atoms with van der Waals surface area (Å²) in [5.74, 6) is -0.597. The van der Waals surface area contributed by atoms with Gasteiger partial charge in [-0.05, 0) is 19.2 Å². The van der Waals surface area contributed by atoms with Crippen molar-refractivity contribution < 1.29 is 9.53 Å². The average molecular weight is 159 g/mol. The first-order valence-electron chi connectivity index (χ1n) is 2.70. The molecule has 54 valence electrons. The minimum absolute atomic E-state index is 0.128. The third kappa shape index (κ3) is 3.16. The van der Waals surface area contributed by atoms with Crippen LogP contribution in [0.4, 0.5) is 0 Å². The maximum absolute atomic E-state index is 10.6. The quantitative estimate of drug-likeness (QED) is 0.347. The topological polar surface area (TPSA) is 26.3 Å². The number of carbonyl (C=O) groups excluding carboxylic acids is 1. The molecule has 0 atom stereocenters. The lowest BCUT2D eigenvalue weighted by molar-refractivity contribution is -0.137. The van der Waals surface area contributed by atoms with Gasteiger partial charge in [-0.25, -0.2) is 4.79 Å². The fraction of sp³-hybridized carbons (Fsp3) is 0.286. The highest BCUT2D eigenvalue weighted by Gasteiger charge is 2.04. The molecule has 0 radical (unpaired) electrons. The van der Waals surface area contributed by atoms with Crippen molar-refractivity contribution >= 4 is 17.6 Å². The Labute approximate surface area is 64.4 Å². The Morgan fingerprint density at radius 3 is 2.80 bits per heavy atom. The van der Waals surface area contributed by atoms with E-state index in [-0.39, 0.29) is 5.03 Å². The van der Waals surface area contributed by atoms with Crippen molar-refractivity contribution in [2.75, 3.05) is 6.61 Å². The standard InChI is InChI=1S/C7H7ClO2/c1-3-5-6(8)7(9)10-4-2/h1,4H2,2H3. The molecule has 0 spiro atoms. The van der Waals surface area contributed by atoms with Gasteiger partial charge in [-0.3, -0.25) is 0 Å². The van der Waals surface area contributed by atoms with Crippen molar-refractivity contribution in [2.45, 2.75) is 6.92 Å². The summed E-state index contributed by atoms with van der Waals surface area (Å²) in [6.45, 7) is 5.19. The fourth-order valence-electron chi connectivity index (χ4n) is 0.323. The van der Waals surface area contributed by atoms with E-state index in [1.165, 1.54) is 0 Å². The molecule has 3 heteroatoms. The van der Waals surface area contributed by atoms with Gasteiger partial charge >= 0.3 is 5.97 Å². The Kier molecular flexibility index (Phi) is 4.43. The van der Waals surface area contributed by atoms with Crippen molar-refractivity contribution in [2.24, 2.45) is 0 Å². The van der Waals surface area contributed by atoms with E-state index in [4.69, 9.17) is 11.6 Å². The molecule has 0 aliphatic carbocycles. The SMILES string of the molecule is C=C=C=C(Cl)C(=O)OCC. The number of hydrogen-bond donors (Lipinski definition) is 0. The number of carbonyl (C=O) groups is 1. The molecule has 0 aromatic carbocycles. The minimum Gasteiger partial charge on any atom is -0.461 e. The second-order valence-electron chi connectivity index (χ2n) is 1.34. The van der Waals surface area contributed by atoms with Crippen LogP contribution in [0, 0.1) is 0 Å². The third-order valence-corrected chi connectivity index (χ3v) is 0.902. The summed E-state index contributed by atoms with van der Waals surface area (Å²) >= 11 is 5.34. The normalized spacial score (nSPS) is 7.40. The van der Waals surface area contributed by atoms with Crippen LogP contribution in [0.3, 0.4) is 0 Å². The molecule has 2 nitrogen and oxygen atoms in total. The average Bonchev–Trinajstić information content (AvgIpc) is 1.89. The zero-order chi connectivity index (χ0) is 7.98. The third-order valence-electron chi connectivity index (χ3n) is 0.653. The van der Waals surface area contributed by atoms with Gasteiger partial charge in [0.15, 0.2) is 5.03 Å². The van der Waals surface area contributed by atoms with Crippen molar-refractivity contribution in [3.63, 3.8) is 0 Å². The van der Waals surface area contributed by atoms with Crippen molar-refractivity contribution in [1.82, 2.24) is 0 Å². The molecule has 0 rings (SSSR count). The van der Waals surface area contributed by atoms with Crippen molar-refractivity contribution in [3.05, 3.63) is 23.1 Å². The Hall–Kier alpha value is -0.940. The Morgan fingerprint density at radius 2 is 2.40 bits per heavy atom. The van der Waals surface area contributed by atoms with Crippen molar-refractivity contribution in [3.8, 4) is 0 Å².